The van der Waals surface area contributed by atoms with Crippen LogP contribution in [-0.4, -0.2) is 32.3 Å². The average molecular weight is 235 g/mol. The summed E-state index contributed by atoms with van der Waals surface area (Å²) in [7, 11) is 1.41. The van der Waals surface area contributed by atoms with E-state index >= 15 is 0 Å². The molecule has 1 aliphatic heterocycles. The number of hydrogen-bond donors (Lipinski definition) is 1. The van der Waals surface area contributed by atoms with E-state index in [9.17, 15) is 4.79 Å². The van der Waals surface area contributed by atoms with Crippen LogP contribution in [-0.2, 0) is 14.3 Å². The number of ether oxygens (including phenoxy) is 2. The lowest BCUT2D eigenvalue weighted by atomic mass is 9.99. The molecule has 0 bridgehead atoms. The van der Waals surface area contributed by atoms with Crippen molar-refractivity contribution in [3.8, 4) is 0 Å². The van der Waals surface area contributed by atoms with Gasteiger partial charge < -0.3 is 14.8 Å². The summed E-state index contributed by atoms with van der Waals surface area (Å²) in [6.45, 7) is 1.33. The number of carbonyl (C=O) groups is 1. The zero-order valence-corrected chi connectivity index (χ0v) is 9.89. The number of para-hydroxylation sites is 1. The van der Waals surface area contributed by atoms with Crippen LogP contribution in [0.25, 0.3) is 0 Å². The summed E-state index contributed by atoms with van der Waals surface area (Å²) >= 11 is 0. The first-order chi connectivity index (χ1) is 8.31. The van der Waals surface area contributed by atoms with Gasteiger partial charge in [-0.25, -0.2) is 4.79 Å². The Balaban J connectivity index is 2.07. The predicted molar refractivity (Wildman–Crippen MR) is 64.8 cm³/mol. The fourth-order valence-electron chi connectivity index (χ4n) is 2.03. The van der Waals surface area contributed by atoms with Crippen LogP contribution >= 0.6 is 0 Å². The van der Waals surface area contributed by atoms with Crippen molar-refractivity contribution in [2.75, 3.05) is 25.6 Å². The zero-order valence-electron chi connectivity index (χ0n) is 9.89. The standard InChI is InChI=1S/C13H17NO3/c1-16-13(15)12(10-7-8-17-9-10)14-11-5-3-2-4-6-11/h2-6,10,12,14H,7-9H2,1H3. The Kier molecular flexibility index (Phi) is 3.98. The minimum atomic E-state index is -0.329. The molecule has 0 radical (unpaired) electrons. The van der Waals surface area contributed by atoms with E-state index in [0.29, 0.717) is 13.2 Å². The van der Waals surface area contributed by atoms with Crippen molar-refractivity contribution in [1.29, 1.82) is 0 Å². The molecule has 4 nitrogen and oxygen atoms in total. The van der Waals surface area contributed by atoms with Gasteiger partial charge in [-0.2, -0.15) is 0 Å². The number of anilines is 1. The summed E-state index contributed by atoms with van der Waals surface area (Å²) in [4.78, 5) is 11.8. The predicted octanol–water partition coefficient (Wildman–Crippen LogP) is 1.68. The van der Waals surface area contributed by atoms with E-state index in [0.717, 1.165) is 12.1 Å². The van der Waals surface area contributed by atoms with E-state index in [4.69, 9.17) is 9.47 Å². The van der Waals surface area contributed by atoms with E-state index in [-0.39, 0.29) is 17.9 Å². The van der Waals surface area contributed by atoms with E-state index in [2.05, 4.69) is 5.32 Å². The van der Waals surface area contributed by atoms with Gasteiger partial charge in [0.25, 0.3) is 0 Å². The molecule has 2 atom stereocenters. The first-order valence-electron chi connectivity index (χ1n) is 5.78. The number of benzene rings is 1. The Morgan fingerprint density at radius 2 is 2.24 bits per heavy atom. The summed E-state index contributed by atoms with van der Waals surface area (Å²) < 4.78 is 10.2. The number of carbonyl (C=O) groups excluding carboxylic acids is 1. The normalized spacial score (nSPS) is 20.9. The first kappa shape index (κ1) is 11.9. The third-order valence-corrected chi connectivity index (χ3v) is 2.99. The van der Waals surface area contributed by atoms with Gasteiger partial charge >= 0.3 is 5.97 Å². The Morgan fingerprint density at radius 1 is 1.47 bits per heavy atom. The lowest BCUT2D eigenvalue weighted by Crippen LogP contribution is -2.38. The van der Waals surface area contributed by atoms with Crippen molar-refractivity contribution in [1.82, 2.24) is 0 Å². The summed E-state index contributed by atoms with van der Waals surface area (Å²) in [6.07, 6.45) is 0.888. The zero-order chi connectivity index (χ0) is 12.1. The molecule has 0 aliphatic carbocycles. The van der Waals surface area contributed by atoms with Crippen molar-refractivity contribution in [2.45, 2.75) is 12.5 Å². The van der Waals surface area contributed by atoms with E-state index in [1.807, 2.05) is 30.3 Å². The fraction of sp³-hybridized carbons (Fsp3) is 0.462. The van der Waals surface area contributed by atoms with Crippen LogP contribution in [0.1, 0.15) is 6.42 Å². The smallest absolute Gasteiger partial charge is 0.328 e. The molecule has 1 aliphatic rings. The number of methoxy groups -OCH3 is 1. The molecule has 0 saturated carbocycles. The average Bonchev–Trinajstić information content (AvgIpc) is 2.90. The van der Waals surface area contributed by atoms with Crippen LogP contribution < -0.4 is 5.32 Å². The lowest BCUT2D eigenvalue weighted by Gasteiger charge is -2.22. The highest BCUT2D eigenvalue weighted by Crippen LogP contribution is 2.21. The number of nitrogens with one attached hydrogen (secondary N) is 1. The van der Waals surface area contributed by atoms with Gasteiger partial charge in [-0.3, -0.25) is 0 Å². The SMILES string of the molecule is COC(=O)C(Nc1ccccc1)C1CCOC1. The lowest BCUT2D eigenvalue weighted by molar-refractivity contribution is -0.142. The van der Waals surface area contributed by atoms with Crippen molar-refractivity contribution in [3.05, 3.63) is 30.3 Å². The minimum absolute atomic E-state index is 0.183. The molecule has 2 unspecified atom stereocenters. The third kappa shape index (κ3) is 2.97. The summed E-state index contributed by atoms with van der Waals surface area (Å²) in [5.74, 6) is -0.0491. The molecule has 4 heteroatoms. The maximum Gasteiger partial charge on any atom is 0.328 e. The second-order valence-corrected chi connectivity index (χ2v) is 4.13. The van der Waals surface area contributed by atoms with Crippen LogP contribution in [0.2, 0.25) is 0 Å². The molecule has 17 heavy (non-hydrogen) atoms. The summed E-state index contributed by atoms with van der Waals surface area (Å²) in [6, 6.07) is 9.35. The summed E-state index contributed by atoms with van der Waals surface area (Å²) in [5, 5.41) is 3.22. The number of rotatable bonds is 4. The molecule has 2 rings (SSSR count). The third-order valence-electron chi connectivity index (χ3n) is 2.99. The van der Waals surface area contributed by atoms with E-state index in [1.54, 1.807) is 0 Å². The topological polar surface area (TPSA) is 47.6 Å². The van der Waals surface area contributed by atoms with Crippen molar-refractivity contribution in [3.63, 3.8) is 0 Å². The molecule has 0 aromatic heterocycles. The Labute approximate surface area is 101 Å². The Hall–Kier alpha value is -1.55. The van der Waals surface area contributed by atoms with Gasteiger partial charge in [0.2, 0.25) is 0 Å². The van der Waals surface area contributed by atoms with Crippen molar-refractivity contribution < 1.29 is 14.3 Å². The molecule has 0 spiro atoms. The van der Waals surface area contributed by atoms with E-state index < -0.39 is 0 Å². The maximum absolute atomic E-state index is 11.8. The molecule has 1 aromatic carbocycles. The molecule has 0 amide bonds. The van der Waals surface area contributed by atoms with Gasteiger partial charge in [-0.15, -0.1) is 0 Å². The summed E-state index contributed by atoms with van der Waals surface area (Å²) in [5.41, 5.74) is 0.926. The maximum atomic E-state index is 11.8. The van der Waals surface area contributed by atoms with Crippen molar-refractivity contribution in [2.24, 2.45) is 5.92 Å². The van der Waals surface area contributed by atoms with Gasteiger partial charge in [0, 0.05) is 18.2 Å². The highest BCUT2D eigenvalue weighted by Gasteiger charge is 2.32. The molecule has 1 fully saturated rings. The second-order valence-electron chi connectivity index (χ2n) is 4.13. The highest BCUT2D eigenvalue weighted by molar-refractivity contribution is 5.79. The molecular formula is C13H17NO3. The number of esters is 1. The van der Waals surface area contributed by atoms with Crippen LogP contribution in [0.5, 0.6) is 0 Å². The van der Waals surface area contributed by atoms with E-state index in [1.165, 1.54) is 7.11 Å². The van der Waals surface area contributed by atoms with Gasteiger partial charge in [0.05, 0.1) is 13.7 Å². The van der Waals surface area contributed by atoms with Crippen LogP contribution in [0.15, 0.2) is 30.3 Å². The van der Waals surface area contributed by atoms with Gasteiger partial charge in [-0.1, -0.05) is 18.2 Å². The molecule has 1 saturated heterocycles. The van der Waals surface area contributed by atoms with Crippen LogP contribution in [0.3, 0.4) is 0 Å². The molecule has 1 N–H and O–H groups in total. The Morgan fingerprint density at radius 3 is 2.82 bits per heavy atom. The van der Waals surface area contributed by atoms with Gasteiger partial charge in [-0.05, 0) is 18.6 Å². The highest BCUT2D eigenvalue weighted by atomic mass is 16.5. The molecular weight excluding hydrogens is 218 g/mol. The molecule has 1 heterocycles. The Bertz CT molecular complexity index is 360. The second kappa shape index (κ2) is 5.68. The minimum Gasteiger partial charge on any atom is -0.467 e. The van der Waals surface area contributed by atoms with Crippen LogP contribution in [0, 0.1) is 5.92 Å². The van der Waals surface area contributed by atoms with Gasteiger partial charge in [0.15, 0.2) is 0 Å². The number of hydrogen-bond acceptors (Lipinski definition) is 4. The first-order valence-corrected chi connectivity index (χ1v) is 5.78. The molecule has 92 valence electrons. The molecule has 1 aromatic rings. The monoisotopic (exact) mass is 235 g/mol. The van der Waals surface area contributed by atoms with Gasteiger partial charge in [0.1, 0.15) is 6.04 Å². The quantitative estimate of drug-likeness (QED) is 0.807. The fourth-order valence-corrected chi connectivity index (χ4v) is 2.03. The largest absolute Gasteiger partial charge is 0.467 e. The van der Waals surface area contributed by atoms with Crippen molar-refractivity contribution >= 4 is 11.7 Å². The van der Waals surface area contributed by atoms with Crippen LogP contribution in [0.4, 0.5) is 5.69 Å².